The van der Waals surface area contributed by atoms with Gasteiger partial charge in [-0.25, -0.2) is 0 Å². The van der Waals surface area contributed by atoms with Crippen molar-refractivity contribution < 1.29 is 4.79 Å². The second kappa shape index (κ2) is 6.05. The fourth-order valence-electron chi connectivity index (χ4n) is 2.61. The van der Waals surface area contributed by atoms with Gasteiger partial charge in [0.2, 0.25) is 5.91 Å². The molecule has 1 amide bonds. The normalized spacial score (nSPS) is 17.9. The number of carbonyl (C=O) groups is 1. The predicted octanol–water partition coefficient (Wildman–Crippen LogP) is 1.83. The van der Waals surface area contributed by atoms with E-state index in [0.29, 0.717) is 12.6 Å². The highest BCUT2D eigenvalue weighted by Crippen LogP contribution is 2.18. The summed E-state index contributed by atoms with van der Waals surface area (Å²) in [5, 5.41) is 6.32. The molecule has 2 N–H and O–H groups in total. The molecule has 0 aliphatic heterocycles. The molecule has 1 aliphatic rings. The summed E-state index contributed by atoms with van der Waals surface area (Å²) in [5.74, 6) is 0.127. The smallest absolute Gasteiger partial charge is 0.240 e. The van der Waals surface area contributed by atoms with Gasteiger partial charge in [0, 0.05) is 24.0 Å². The van der Waals surface area contributed by atoms with Crippen LogP contribution in [0, 0.1) is 0 Å². The maximum absolute atomic E-state index is 12.0. The Morgan fingerprint density at radius 1 is 1.50 bits per heavy atom. The largest absolute Gasteiger partial charge is 0.352 e. The standard InChI is InChI=1S/C14H23N3O/c1-11(15-2)13-8-5-9-17(13)10-14(18)16-12-6-3-4-7-12/h5,8-9,11-12,15H,3-4,6-7,10H2,1-2H3,(H,16,18). The molecule has 0 spiro atoms. The van der Waals surface area contributed by atoms with E-state index < -0.39 is 0 Å². The van der Waals surface area contributed by atoms with Gasteiger partial charge in [-0.05, 0) is 38.9 Å². The van der Waals surface area contributed by atoms with E-state index in [1.54, 1.807) is 0 Å². The Hall–Kier alpha value is -1.29. The summed E-state index contributed by atoms with van der Waals surface area (Å²) in [7, 11) is 1.93. The molecule has 1 aliphatic carbocycles. The summed E-state index contributed by atoms with van der Waals surface area (Å²) in [6.45, 7) is 2.52. The summed E-state index contributed by atoms with van der Waals surface area (Å²) in [6.07, 6.45) is 6.73. The first-order valence-corrected chi connectivity index (χ1v) is 6.82. The number of hydrogen-bond donors (Lipinski definition) is 2. The topological polar surface area (TPSA) is 46.1 Å². The first kappa shape index (κ1) is 13.1. The summed E-state index contributed by atoms with van der Waals surface area (Å²) in [5.41, 5.74) is 1.15. The van der Waals surface area contributed by atoms with E-state index in [4.69, 9.17) is 0 Å². The molecule has 0 saturated heterocycles. The van der Waals surface area contributed by atoms with Crippen LogP contribution in [-0.4, -0.2) is 23.6 Å². The van der Waals surface area contributed by atoms with E-state index in [0.717, 1.165) is 18.5 Å². The number of hydrogen-bond acceptors (Lipinski definition) is 2. The van der Waals surface area contributed by atoms with E-state index in [1.165, 1.54) is 12.8 Å². The van der Waals surface area contributed by atoms with Gasteiger partial charge in [-0.15, -0.1) is 0 Å². The van der Waals surface area contributed by atoms with Gasteiger partial charge in [0.05, 0.1) is 0 Å². The number of rotatable bonds is 5. The van der Waals surface area contributed by atoms with E-state index in [1.807, 2.05) is 23.9 Å². The molecule has 1 atom stereocenters. The third-order valence-corrected chi connectivity index (χ3v) is 3.78. The minimum atomic E-state index is 0.127. The van der Waals surface area contributed by atoms with Crippen LogP contribution in [0.25, 0.3) is 0 Å². The van der Waals surface area contributed by atoms with Crippen LogP contribution in [0.5, 0.6) is 0 Å². The molecule has 100 valence electrons. The molecule has 18 heavy (non-hydrogen) atoms. The zero-order valence-electron chi connectivity index (χ0n) is 11.3. The minimum absolute atomic E-state index is 0.127. The Bertz CT molecular complexity index is 393. The van der Waals surface area contributed by atoms with Crippen molar-refractivity contribution in [1.29, 1.82) is 0 Å². The maximum atomic E-state index is 12.0. The van der Waals surface area contributed by atoms with Crippen LogP contribution >= 0.6 is 0 Å². The van der Waals surface area contributed by atoms with Gasteiger partial charge in [0.15, 0.2) is 0 Å². The fraction of sp³-hybridized carbons (Fsp3) is 0.643. The lowest BCUT2D eigenvalue weighted by molar-refractivity contribution is -0.122. The van der Waals surface area contributed by atoms with Crippen LogP contribution in [0.3, 0.4) is 0 Å². The van der Waals surface area contributed by atoms with E-state index in [2.05, 4.69) is 23.6 Å². The molecule has 4 heteroatoms. The van der Waals surface area contributed by atoms with Crippen LogP contribution in [0.1, 0.15) is 44.3 Å². The van der Waals surface area contributed by atoms with Crippen LogP contribution in [-0.2, 0) is 11.3 Å². The summed E-state index contributed by atoms with van der Waals surface area (Å²) in [4.78, 5) is 12.0. The number of carbonyl (C=O) groups excluding carboxylic acids is 1. The van der Waals surface area contributed by atoms with Gasteiger partial charge < -0.3 is 15.2 Å². The monoisotopic (exact) mass is 249 g/mol. The first-order valence-electron chi connectivity index (χ1n) is 6.82. The second-order valence-corrected chi connectivity index (χ2v) is 5.12. The Kier molecular flexibility index (Phi) is 4.42. The highest BCUT2D eigenvalue weighted by molar-refractivity contribution is 5.76. The van der Waals surface area contributed by atoms with Crippen molar-refractivity contribution >= 4 is 5.91 Å². The molecule has 0 radical (unpaired) electrons. The van der Waals surface area contributed by atoms with Crippen molar-refractivity contribution in [1.82, 2.24) is 15.2 Å². The zero-order valence-corrected chi connectivity index (χ0v) is 11.3. The first-order chi connectivity index (χ1) is 8.70. The highest BCUT2D eigenvalue weighted by atomic mass is 16.2. The minimum Gasteiger partial charge on any atom is -0.352 e. The van der Waals surface area contributed by atoms with E-state index >= 15 is 0 Å². The van der Waals surface area contributed by atoms with E-state index in [-0.39, 0.29) is 11.9 Å². The molecule has 1 aromatic heterocycles. The third kappa shape index (κ3) is 3.13. The van der Waals surface area contributed by atoms with Crippen molar-refractivity contribution in [3.05, 3.63) is 24.0 Å². The molecule has 2 rings (SSSR count). The lowest BCUT2D eigenvalue weighted by Crippen LogP contribution is -2.35. The molecule has 0 bridgehead atoms. The zero-order chi connectivity index (χ0) is 13.0. The van der Waals surface area contributed by atoms with Crippen molar-refractivity contribution in [3.63, 3.8) is 0 Å². The summed E-state index contributed by atoms with van der Waals surface area (Å²) in [6, 6.07) is 4.72. The third-order valence-electron chi connectivity index (χ3n) is 3.78. The van der Waals surface area contributed by atoms with Gasteiger partial charge >= 0.3 is 0 Å². The van der Waals surface area contributed by atoms with Crippen LogP contribution < -0.4 is 10.6 Å². The molecule has 0 aromatic carbocycles. The molecular formula is C14H23N3O. The Morgan fingerprint density at radius 2 is 2.22 bits per heavy atom. The average molecular weight is 249 g/mol. The lowest BCUT2D eigenvalue weighted by atomic mass is 10.2. The molecule has 1 fully saturated rings. The van der Waals surface area contributed by atoms with Gasteiger partial charge in [-0.1, -0.05) is 12.8 Å². The van der Waals surface area contributed by atoms with Crippen LogP contribution in [0.15, 0.2) is 18.3 Å². The number of aromatic nitrogens is 1. The maximum Gasteiger partial charge on any atom is 0.240 e. The van der Waals surface area contributed by atoms with Crippen molar-refractivity contribution in [2.24, 2.45) is 0 Å². The van der Waals surface area contributed by atoms with Gasteiger partial charge in [0.1, 0.15) is 6.54 Å². The number of amides is 1. The van der Waals surface area contributed by atoms with Gasteiger partial charge in [0.25, 0.3) is 0 Å². The summed E-state index contributed by atoms with van der Waals surface area (Å²) >= 11 is 0. The van der Waals surface area contributed by atoms with Crippen LogP contribution in [0.2, 0.25) is 0 Å². The molecule has 1 saturated carbocycles. The molecule has 1 heterocycles. The Balaban J connectivity index is 1.92. The number of nitrogens with zero attached hydrogens (tertiary/aromatic N) is 1. The molecular weight excluding hydrogens is 226 g/mol. The quantitative estimate of drug-likeness (QED) is 0.836. The van der Waals surface area contributed by atoms with E-state index in [9.17, 15) is 4.79 Å². The molecule has 1 unspecified atom stereocenters. The Labute approximate surface area is 109 Å². The van der Waals surface area contributed by atoms with Crippen molar-refractivity contribution in [2.45, 2.75) is 51.2 Å². The fourth-order valence-corrected chi connectivity index (χ4v) is 2.61. The van der Waals surface area contributed by atoms with Gasteiger partial charge in [-0.3, -0.25) is 4.79 Å². The van der Waals surface area contributed by atoms with Crippen LogP contribution in [0.4, 0.5) is 0 Å². The highest BCUT2D eigenvalue weighted by Gasteiger charge is 2.18. The average Bonchev–Trinajstić information content (AvgIpc) is 2.99. The van der Waals surface area contributed by atoms with Gasteiger partial charge in [-0.2, -0.15) is 0 Å². The molecule has 1 aromatic rings. The predicted molar refractivity (Wildman–Crippen MR) is 72.3 cm³/mol. The van der Waals surface area contributed by atoms with Crippen molar-refractivity contribution in [3.8, 4) is 0 Å². The lowest BCUT2D eigenvalue weighted by Gasteiger charge is -2.16. The number of nitrogens with one attached hydrogen (secondary N) is 2. The SMILES string of the molecule is CNC(C)c1cccn1CC(=O)NC1CCCC1. The molecule has 4 nitrogen and oxygen atoms in total. The van der Waals surface area contributed by atoms with Crippen molar-refractivity contribution in [2.75, 3.05) is 7.05 Å². The summed E-state index contributed by atoms with van der Waals surface area (Å²) < 4.78 is 2.02. The second-order valence-electron chi connectivity index (χ2n) is 5.12. The Morgan fingerprint density at radius 3 is 2.89 bits per heavy atom.